The fraction of sp³-hybridized carbons (Fsp3) is 0.869. The van der Waals surface area contributed by atoms with E-state index in [9.17, 15) is 35.1 Å². The Bertz CT molecular complexity index is 1290. The molecule has 72 heavy (non-hydrogen) atoms. The Kier molecular flexibility index (Phi) is 48.1. The molecule has 7 unspecified atom stereocenters. The van der Waals surface area contributed by atoms with Crippen LogP contribution in [0.2, 0.25) is 0 Å². The molecular weight excluding hydrogens is 907 g/mol. The first kappa shape index (κ1) is 67.9. The number of unbranched alkanes of at least 4 members (excludes halogenated alkanes) is 34. The molecule has 0 aliphatic carbocycles. The summed E-state index contributed by atoms with van der Waals surface area (Å²) in [5, 5.41) is 54.4. The summed E-state index contributed by atoms with van der Waals surface area (Å²) >= 11 is 0. The lowest BCUT2D eigenvalue weighted by Gasteiger charge is -2.40. The number of aliphatic hydroxyl groups is 5. The van der Waals surface area contributed by atoms with Crippen LogP contribution in [0.3, 0.4) is 0 Å². The minimum absolute atomic E-state index is 0.0119. The van der Waals surface area contributed by atoms with Crippen molar-refractivity contribution in [3.05, 3.63) is 36.5 Å². The second-order valence-corrected chi connectivity index (χ2v) is 21.0. The third kappa shape index (κ3) is 40.2. The zero-order chi connectivity index (χ0) is 52.4. The van der Waals surface area contributed by atoms with E-state index in [0.717, 1.165) is 83.5 Å². The number of hydrogen-bond donors (Lipinski definition) is 6. The van der Waals surface area contributed by atoms with Gasteiger partial charge in [-0.2, -0.15) is 0 Å². The SMILES string of the molecule is CCCCCCCCCC/C=C/CC/C=C/C(O)C(COC1OC(CO)C(O)C(O)C1O)NC(=O)CCCCCCCCC/C=C\CCCCCCCCCCOC(=O)CCCCCCCCCCCCC. The Hall–Kier alpha value is -2.12. The third-order valence-electron chi connectivity index (χ3n) is 14.2. The molecule has 1 amide bonds. The molecule has 1 aliphatic rings. The average Bonchev–Trinajstić information content (AvgIpc) is 3.38. The summed E-state index contributed by atoms with van der Waals surface area (Å²) in [6.07, 6.45) is 52.3. The molecule has 0 bridgehead atoms. The fourth-order valence-corrected chi connectivity index (χ4v) is 9.39. The van der Waals surface area contributed by atoms with Gasteiger partial charge in [0.1, 0.15) is 24.4 Å². The number of ether oxygens (including phenoxy) is 3. The molecular formula is C61H113NO10. The number of carbonyl (C=O) groups is 2. The van der Waals surface area contributed by atoms with Crippen molar-refractivity contribution in [1.82, 2.24) is 5.32 Å². The highest BCUT2D eigenvalue weighted by Crippen LogP contribution is 2.23. The van der Waals surface area contributed by atoms with Gasteiger partial charge in [0.15, 0.2) is 6.29 Å². The van der Waals surface area contributed by atoms with Crippen molar-refractivity contribution in [3.63, 3.8) is 0 Å². The number of amides is 1. The molecule has 11 heteroatoms. The smallest absolute Gasteiger partial charge is 0.305 e. The molecule has 6 N–H and O–H groups in total. The van der Waals surface area contributed by atoms with Crippen molar-refractivity contribution >= 4 is 11.9 Å². The van der Waals surface area contributed by atoms with Gasteiger partial charge in [-0.3, -0.25) is 9.59 Å². The zero-order valence-corrected chi connectivity index (χ0v) is 46.4. The predicted octanol–water partition coefficient (Wildman–Crippen LogP) is 13.9. The largest absolute Gasteiger partial charge is 0.466 e. The lowest BCUT2D eigenvalue weighted by atomic mass is 9.99. The molecule has 1 aliphatic heterocycles. The van der Waals surface area contributed by atoms with E-state index in [2.05, 4.69) is 43.5 Å². The number of esters is 1. The second kappa shape index (κ2) is 51.0. The molecule has 0 aromatic rings. The lowest BCUT2D eigenvalue weighted by molar-refractivity contribution is -0.302. The number of carbonyl (C=O) groups excluding carboxylic acids is 2. The Morgan fingerprint density at radius 2 is 0.903 bits per heavy atom. The number of allylic oxidation sites excluding steroid dienone is 5. The normalized spacial score (nSPS) is 19.2. The summed E-state index contributed by atoms with van der Waals surface area (Å²) in [5.41, 5.74) is 0. The average molecular weight is 1020 g/mol. The van der Waals surface area contributed by atoms with Crippen molar-refractivity contribution in [3.8, 4) is 0 Å². The van der Waals surface area contributed by atoms with E-state index in [0.29, 0.717) is 19.4 Å². The van der Waals surface area contributed by atoms with Gasteiger partial charge in [0, 0.05) is 12.8 Å². The van der Waals surface area contributed by atoms with Crippen molar-refractivity contribution in [2.24, 2.45) is 0 Å². The Morgan fingerprint density at radius 3 is 1.38 bits per heavy atom. The van der Waals surface area contributed by atoms with Crippen LogP contribution < -0.4 is 5.32 Å². The van der Waals surface area contributed by atoms with Gasteiger partial charge in [-0.15, -0.1) is 0 Å². The molecule has 1 heterocycles. The van der Waals surface area contributed by atoms with E-state index in [4.69, 9.17) is 14.2 Å². The molecule has 0 aromatic heterocycles. The maximum Gasteiger partial charge on any atom is 0.305 e. The van der Waals surface area contributed by atoms with Crippen LogP contribution in [0.15, 0.2) is 36.5 Å². The molecule has 1 saturated heterocycles. The van der Waals surface area contributed by atoms with Crippen molar-refractivity contribution in [1.29, 1.82) is 0 Å². The zero-order valence-electron chi connectivity index (χ0n) is 46.4. The Morgan fingerprint density at radius 1 is 0.500 bits per heavy atom. The summed E-state index contributed by atoms with van der Waals surface area (Å²) in [5.74, 6) is -0.213. The van der Waals surface area contributed by atoms with Crippen LogP contribution in [0, 0.1) is 0 Å². The molecule has 422 valence electrons. The van der Waals surface area contributed by atoms with Crippen LogP contribution in [0.25, 0.3) is 0 Å². The number of nitrogens with one attached hydrogen (secondary N) is 1. The van der Waals surface area contributed by atoms with Gasteiger partial charge in [0.25, 0.3) is 0 Å². The standard InChI is InChI=1S/C61H113NO10/c1-3-5-7-9-11-13-15-16-24-28-31-35-39-43-47-54(64)53(52-71-61-60(69)59(68)58(67)55(51-63)72-61)62-56(65)48-44-40-36-32-29-25-22-20-18-17-19-21-23-26-30-34-38-42-46-50-70-57(66)49-45-41-37-33-27-14-12-10-8-6-4-2/h17-18,28,31,43,47,53-55,58-61,63-64,67-69H,3-16,19-27,29-30,32-42,44-46,48-52H2,1-2H3,(H,62,65)/b18-17-,31-28+,47-43+. The highest BCUT2D eigenvalue weighted by molar-refractivity contribution is 5.76. The van der Waals surface area contributed by atoms with Gasteiger partial charge in [-0.05, 0) is 70.6 Å². The highest BCUT2D eigenvalue weighted by atomic mass is 16.7. The van der Waals surface area contributed by atoms with Crippen molar-refractivity contribution < 1.29 is 49.3 Å². The second-order valence-electron chi connectivity index (χ2n) is 21.0. The predicted molar refractivity (Wildman–Crippen MR) is 297 cm³/mol. The van der Waals surface area contributed by atoms with Crippen LogP contribution in [-0.4, -0.2) is 100 Å². The van der Waals surface area contributed by atoms with Crippen LogP contribution in [0.1, 0.15) is 277 Å². The molecule has 11 nitrogen and oxygen atoms in total. The molecule has 0 radical (unpaired) electrons. The molecule has 1 fully saturated rings. The fourth-order valence-electron chi connectivity index (χ4n) is 9.39. The minimum Gasteiger partial charge on any atom is -0.466 e. The first-order valence-electron chi connectivity index (χ1n) is 30.3. The highest BCUT2D eigenvalue weighted by Gasteiger charge is 2.44. The topological polar surface area (TPSA) is 175 Å². The number of rotatable bonds is 52. The first-order valence-corrected chi connectivity index (χ1v) is 30.3. The monoisotopic (exact) mass is 1020 g/mol. The third-order valence-corrected chi connectivity index (χ3v) is 14.2. The lowest BCUT2D eigenvalue weighted by Crippen LogP contribution is -2.60. The summed E-state index contributed by atoms with van der Waals surface area (Å²) in [6.45, 7) is 4.31. The van der Waals surface area contributed by atoms with E-state index in [-0.39, 0.29) is 18.5 Å². The first-order chi connectivity index (χ1) is 35.2. The van der Waals surface area contributed by atoms with Crippen molar-refractivity contribution in [2.45, 2.75) is 320 Å². The van der Waals surface area contributed by atoms with Crippen LogP contribution in [-0.2, 0) is 23.8 Å². The molecule has 7 atom stereocenters. The summed E-state index contributed by atoms with van der Waals surface area (Å²) < 4.78 is 16.7. The van der Waals surface area contributed by atoms with Crippen molar-refractivity contribution in [2.75, 3.05) is 19.8 Å². The molecule has 0 aromatic carbocycles. The van der Waals surface area contributed by atoms with E-state index >= 15 is 0 Å². The Balaban J connectivity index is 2.13. The summed E-state index contributed by atoms with van der Waals surface area (Å²) in [6, 6.07) is -0.835. The molecule has 1 rings (SSSR count). The van der Waals surface area contributed by atoms with E-state index in [1.54, 1.807) is 6.08 Å². The quantitative estimate of drug-likeness (QED) is 0.0195. The summed E-state index contributed by atoms with van der Waals surface area (Å²) in [7, 11) is 0. The number of hydrogen-bond acceptors (Lipinski definition) is 10. The van der Waals surface area contributed by atoms with E-state index < -0.39 is 49.5 Å². The maximum atomic E-state index is 13.0. The van der Waals surface area contributed by atoms with E-state index in [1.165, 1.54) is 167 Å². The van der Waals surface area contributed by atoms with Gasteiger partial charge in [0.2, 0.25) is 5.91 Å². The van der Waals surface area contributed by atoms with E-state index in [1.807, 2.05) is 6.08 Å². The maximum absolute atomic E-state index is 13.0. The molecule has 0 saturated carbocycles. The van der Waals surface area contributed by atoms with Crippen LogP contribution >= 0.6 is 0 Å². The molecule has 0 spiro atoms. The minimum atomic E-state index is -1.58. The van der Waals surface area contributed by atoms with Crippen LogP contribution in [0.5, 0.6) is 0 Å². The van der Waals surface area contributed by atoms with Gasteiger partial charge >= 0.3 is 5.97 Å². The van der Waals surface area contributed by atoms with Gasteiger partial charge in [0.05, 0.1) is 32.0 Å². The Labute approximate surface area is 441 Å². The number of aliphatic hydroxyl groups excluding tert-OH is 5. The summed E-state index contributed by atoms with van der Waals surface area (Å²) in [4.78, 5) is 25.1. The van der Waals surface area contributed by atoms with Gasteiger partial charge in [-0.1, -0.05) is 230 Å². The van der Waals surface area contributed by atoms with Gasteiger partial charge in [-0.25, -0.2) is 0 Å². The van der Waals surface area contributed by atoms with Gasteiger partial charge < -0.3 is 45.1 Å². The van der Waals surface area contributed by atoms with Crippen LogP contribution in [0.4, 0.5) is 0 Å².